The molecule has 0 amide bonds. The van der Waals surface area contributed by atoms with E-state index in [1.54, 1.807) is 7.11 Å². The molecule has 0 aromatic carbocycles. The van der Waals surface area contributed by atoms with E-state index >= 15 is 0 Å². The Labute approximate surface area is 338 Å². The summed E-state index contributed by atoms with van der Waals surface area (Å²) in [4.78, 5) is 16.6. The zero-order valence-corrected chi connectivity index (χ0v) is 34.2. The van der Waals surface area contributed by atoms with E-state index in [9.17, 15) is 9.90 Å². The minimum absolute atomic E-state index is 0.00892. The number of aliphatic hydroxyl groups is 1. The zero-order chi connectivity index (χ0) is 39.0. The van der Waals surface area contributed by atoms with Gasteiger partial charge in [0.2, 0.25) is 0 Å². The third-order valence-electron chi connectivity index (χ3n) is 15.6. The second kappa shape index (κ2) is 16.2. The number of carbonyl (C=O) groups is 1. The van der Waals surface area contributed by atoms with Gasteiger partial charge in [0.25, 0.3) is 0 Å². The van der Waals surface area contributed by atoms with Crippen molar-refractivity contribution in [3.63, 3.8) is 0 Å². The first-order chi connectivity index (χ1) is 27.6. The van der Waals surface area contributed by atoms with Gasteiger partial charge in [-0.15, -0.1) is 0 Å². The van der Waals surface area contributed by atoms with Gasteiger partial charge in [0.1, 0.15) is 36.3 Å². The summed E-state index contributed by atoms with van der Waals surface area (Å²) >= 11 is 0. The largest absolute Gasteiger partial charge is 0.392 e. The van der Waals surface area contributed by atoms with Gasteiger partial charge in [-0.05, 0) is 87.9 Å². The third-order valence-corrected chi connectivity index (χ3v) is 15.6. The van der Waals surface area contributed by atoms with Crippen molar-refractivity contribution in [1.29, 1.82) is 0 Å². The van der Waals surface area contributed by atoms with Gasteiger partial charge in [0, 0.05) is 58.1 Å². The lowest BCUT2D eigenvalue weighted by molar-refractivity contribution is -0.292. The molecule has 11 fully saturated rings. The Balaban J connectivity index is 0.908. The Morgan fingerprint density at radius 2 is 1.53 bits per heavy atom. The number of rotatable bonds is 5. The van der Waals surface area contributed by atoms with Gasteiger partial charge in [-0.25, -0.2) is 0 Å². The Morgan fingerprint density at radius 1 is 0.772 bits per heavy atom. The fourth-order valence-corrected chi connectivity index (χ4v) is 12.7. The second-order valence-corrected chi connectivity index (χ2v) is 19.6. The molecule has 19 atom stereocenters. The lowest BCUT2D eigenvalue weighted by Crippen LogP contribution is -2.61. The lowest BCUT2D eigenvalue weighted by Gasteiger charge is -2.47. The van der Waals surface area contributed by atoms with Crippen molar-refractivity contribution < 1.29 is 52.5 Å². The minimum atomic E-state index is -0.776. The topological polar surface area (TPSA) is 124 Å². The summed E-state index contributed by atoms with van der Waals surface area (Å²) in [6.07, 6.45) is 9.16. The highest BCUT2D eigenvalue weighted by atomic mass is 16.8. The number of carbonyl (C=O) groups excluding carboxylic acids is 1. The highest BCUT2D eigenvalue weighted by Gasteiger charge is 2.68. The Morgan fingerprint density at radius 3 is 2.37 bits per heavy atom. The van der Waals surface area contributed by atoms with Crippen LogP contribution in [0.15, 0.2) is 24.3 Å². The monoisotopic (exact) mass is 797 g/mol. The summed E-state index contributed by atoms with van der Waals surface area (Å²) in [7, 11) is 1.72. The van der Waals surface area contributed by atoms with Crippen LogP contribution in [-0.2, 0) is 47.4 Å². The van der Waals surface area contributed by atoms with E-state index in [1.165, 1.54) is 19.3 Å². The maximum absolute atomic E-state index is 14.3. The number of nitrogens with zero attached hydrogens (tertiary/aromatic N) is 1. The summed E-state index contributed by atoms with van der Waals surface area (Å²) in [5.74, 6) is -0.542. The quantitative estimate of drug-likeness (QED) is 0.379. The number of piperidine rings is 1. The molecule has 0 radical (unpaired) electrons. The molecule has 11 heterocycles. The van der Waals surface area contributed by atoms with Crippen LogP contribution in [0.1, 0.15) is 110 Å². The number of ether oxygens (including phenoxy) is 9. The van der Waals surface area contributed by atoms with Gasteiger partial charge in [0.05, 0.1) is 67.1 Å². The molecular formula is C45H67NO11. The first kappa shape index (κ1) is 39.8. The predicted molar refractivity (Wildman–Crippen MR) is 207 cm³/mol. The molecule has 0 aromatic rings. The summed E-state index contributed by atoms with van der Waals surface area (Å²) in [5.41, 5.74) is 2.24. The fourth-order valence-electron chi connectivity index (χ4n) is 12.7. The second-order valence-electron chi connectivity index (χ2n) is 19.6. The summed E-state index contributed by atoms with van der Waals surface area (Å²) in [6, 6.07) is 0. The Hall–Kier alpha value is -1.29. The summed E-state index contributed by atoms with van der Waals surface area (Å²) in [5, 5.41) is 11.4. The molecule has 57 heavy (non-hydrogen) atoms. The van der Waals surface area contributed by atoms with Gasteiger partial charge >= 0.3 is 0 Å². The van der Waals surface area contributed by atoms with Crippen LogP contribution in [0.3, 0.4) is 0 Å². The number of hydrogen-bond acceptors (Lipinski definition) is 12. The highest BCUT2D eigenvalue weighted by molar-refractivity contribution is 5.79. The molecule has 0 aliphatic carbocycles. The molecular weight excluding hydrogens is 730 g/mol. The van der Waals surface area contributed by atoms with Crippen LogP contribution in [-0.4, -0.2) is 146 Å². The molecule has 1 spiro atoms. The molecule has 318 valence electrons. The molecule has 11 rings (SSSR count). The maximum atomic E-state index is 14.3. The molecule has 11 aliphatic heterocycles. The number of fused-ring (bicyclic) bond motifs is 6. The van der Waals surface area contributed by atoms with Gasteiger partial charge in [-0.2, -0.15) is 0 Å². The number of likely N-dealkylation sites (tertiary alicyclic amines) is 1. The van der Waals surface area contributed by atoms with Gasteiger partial charge in [-0.3, -0.25) is 4.79 Å². The van der Waals surface area contributed by atoms with Crippen LogP contribution < -0.4 is 0 Å². The fraction of sp³-hybridized carbons (Fsp3) is 0.889. The van der Waals surface area contributed by atoms with Gasteiger partial charge < -0.3 is 52.6 Å². The molecule has 12 heteroatoms. The van der Waals surface area contributed by atoms with E-state index in [-0.39, 0.29) is 103 Å². The van der Waals surface area contributed by atoms with Crippen LogP contribution in [0.25, 0.3) is 0 Å². The normalized spacial score (nSPS) is 50.8. The predicted octanol–water partition coefficient (Wildman–Crippen LogP) is 4.97. The molecule has 1 N–H and O–H groups in total. The van der Waals surface area contributed by atoms with Crippen LogP contribution in [0, 0.1) is 11.8 Å². The average molecular weight is 798 g/mol. The molecule has 0 aromatic heterocycles. The average Bonchev–Trinajstić information content (AvgIpc) is 3.87. The smallest absolute Gasteiger partial charge is 0.172 e. The lowest BCUT2D eigenvalue weighted by atomic mass is 9.81. The van der Waals surface area contributed by atoms with Crippen molar-refractivity contribution in [1.82, 2.24) is 4.90 Å². The highest BCUT2D eigenvalue weighted by Crippen LogP contribution is 2.54. The number of ketones is 1. The van der Waals surface area contributed by atoms with Crippen molar-refractivity contribution in [2.45, 2.75) is 213 Å². The number of β-amino-alcohol motifs (C(OH)–C–C–N with tert-alkyl or cyclic N) is 1. The van der Waals surface area contributed by atoms with Crippen LogP contribution >= 0.6 is 0 Å². The van der Waals surface area contributed by atoms with Crippen LogP contribution in [0.2, 0.25) is 0 Å². The zero-order valence-electron chi connectivity index (χ0n) is 34.2. The minimum Gasteiger partial charge on any atom is -0.392 e. The number of hydrogen-bond donors (Lipinski definition) is 1. The van der Waals surface area contributed by atoms with E-state index in [0.29, 0.717) is 51.0 Å². The molecule has 1 unspecified atom stereocenters. The third kappa shape index (κ3) is 7.79. The number of Topliss-reactive ketones (excluding diaryl/α,β-unsaturated/α-hetero) is 1. The molecule has 0 saturated carbocycles. The van der Waals surface area contributed by atoms with Crippen molar-refractivity contribution in [2.75, 3.05) is 26.7 Å². The molecule has 12 nitrogen and oxygen atoms in total. The molecule has 11 saturated heterocycles. The first-order valence-electron chi connectivity index (χ1n) is 22.7. The number of aliphatic hydroxyl groups excluding tert-OH is 1. The molecule has 12 bridgehead atoms. The molecule has 11 aliphatic rings. The van der Waals surface area contributed by atoms with Gasteiger partial charge in [0.15, 0.2) is 5.79 Å². The van der Waals surface area contributed by atoms with Crippen molar-refractivity contribution >= 4 is 5.78 Å². The van der Waals surface area contributed by atoms with E-state index in [1.807, 2.05) is 0 Å². The van der Waals surface area contributed by atoms with Crippen molar-refractivity contribution in [2.24, 2.45) is 11.8 Å². The maximum Gasteiger partial charge on any atom is 0.172 e. The van der Waals surface area contributed by atoms with E-state index < -0.39 is 11.9 Å². The standard InChI is InChI=1S/C45H67NO11/c1-24-16-29-8-10-33-25(2)17-31(50-33)12-13-45-22-38-41(56-45)42-43(55-38)44(57-45)40-34(54-42)11-9-30(52-40)18-27(47)19-32-36(21-35(51-29)26(24)3)53-37(39(32)49-4)20-28(48)23-46-14-6-5-7-15-46/h24,28-44,48H,2-3,5-23H2,1,4H3/t24-,28+,29+,30-,31+,32+,33+,34+,35-,36+,37-,38+,39-,40+,41+,42?,43-,44+,45+/m1/s1. The SMILES string of the molecule is C=C1C[C@@H]2CC[C@@]34C[C@@H]5O[C@@H]6C(O[C@H]7CC[C@H](CC(=O)C[C@@H]8[C@@H](OC)[C@@H](C[C@H](O)CN9CCCCC9)O[C@H]8C[C@H]8O[C@@H](CC[C@@H]1O2)C[C@@H](C)C8=C)O[C@@H]7[C@@H]6O3)[C@H]5O4. The van der Waals surface area contributed by atoms with E-state index in [0.717, 1.165) is 69.2 Å². The summed E-state index contributed by atoms with van der Waals surface area (Å²) in [6.45, 7) is 13.9. The van der Waals surface area contributed by atoms with Crippen molar-refractivity contribution in [3.05, 3.63) is 24.3 Å². The summed E-state index contributed by atoms with van der Waals surface area (Å²) < 4.78 is 60.8. The van der Waals surface area contributed by atoms with Crippen LogP contribution in [0.5, 0.6) is 0 Å². The van der Waals surface area contributed by atoms with E-state index in [2.05, 4.69) is 25.0 Å². The van der Waals surface area contributed by atoms with Crippen molar-refractivity contribution in [3.8, 4) is 0 Å². The Kier molecular flexibility index (Phi) is 11.3. The number of methoxy groups -OCH3 is 1. The van der Waals surface area contributed by atoms with E-state index in [4.69, 9.17) is 42.6 Å². The first-order valence-corrected chi connectivity index (χ1v) is 22.7. The van der Waals surface area contributed by atoms with Crippen LogP contribution in [0.4, 0.5) is 0 Å². The van der Waals surface area contributed by atoms with Gasteiger partial charge in [-0.1, -0.05) is 26.5 Å². The Bertz CT molecular complexity index is 1500.